The third kappa shape index (κ3) is 4.73. The third-order valence-corrected chi connectivity index (χ3v) is 6.44. The molecule has 0 fully saturated rings. The van der Waals surface area contributed by atoms with Crippen LogP contribution in [-0.4, -0.2) is 33.0 Å². The van der Waals surface area contributed by atoms with Crippen LogP contribution in [0.2, 0.25) is 5.02 Å². The van der Waals surface area contributed by atoms with Gasteiger partial charge in [-0.3, -0.25) is 9.36 Å². The number of hydrogen-bond donors (Lipinski definition) is 1. The first-order valence-corrected chi connectivity index (χ1v) is 12.0. The van der Waals surface area contributed by atoms with Gasteiger partial charge < -0.3 is 14.8 Å². The molecule has 172 valence electrons. The van der Waals surface area contributed by atoms with Crippen LogP contribution in [0.3, 0.4) is 0 Å². The summed E-state index contributed by atoms with van der Waals surface area (Å²) >= 11 is 7.53. The summed E-state index contributed by atoms with van der Waals surface area (Å²) in [6.07, 6.45) is -0.447. The highest BCUT2D eigenvalue weighted by Crippen LogP contribution is 2.37. The number of hydrogen-bond acceptors (Lipinski definition) is 6. The lowest BCUT2D eigenvalue weighted by atomic mass is 10.2. The summed E-state index contributed by atoms with van der Waals surface area (Å²) < 4.78 is 14.0. The van der Waals surface area contributed by atoms with Crippen molar-refractivity contribution in [2.24, 2.45) is 0 Å². The van der Waals surface area contributed by atoms with E-state index in [1.54, 1.807) is 6.07 Å². The highest BCUT2D eigenvalue weighted by molar-refractivity contribution is 7.99. The Labute approximate surface area is 206 Å². The van der Waals surface area contributed by atoms with Gasteiger partial charge >= 0.3 is 0 Å². The van der Waals surface area contributed by atoms with Gasteiger partial charge in [-0.15, -0.1) is 10.2 Å². The molecule has 0 radical (unpaired) electrons. The molecule has 4 aromatic rings. The third-order valence-electron chi connectivity index (χ3n) is 5.20. The van der Waals surface area contributed by atoms with Crippen LogP contribution in [0.15, 0.2) is 78.0 Å². The van der Waals surface area contributed by atoms with E-state index < -0.39 is 6.10 Å². The van der Waals surface area contributed by atoms with Gasteiger partial charge in [-0.2, -0.15) is 0 Å². The summed E-state index contributed by atoms with van der Waals surface area (Å²) in [5.74, 6) is 1.91. The van der Waals surface area contributed by atoms with Crippen LogP contribution < -0.4 is 14.8 Å². The van der Waals surface area contributed by atoms with E-state index in [0.29, 0.717) is 39.8 Å². The van der Waals surface area contributed by atoms with Crippen LogP contribution in [0.4, 0.5) is 5.69 Å². The molecule has 1 aromatic heterocycles. The van der Waals surface area contributed by atoms with Gasteiger partial charge in [0.15, 0.2) is 28.6 Å². The van der Waals surface area contributed by atoms with Crippen molar-refractivity contribution in [3.63, 3.8) is 0 Å². The van der Waals surface area contributed by atoms with Gasteiger partial charge in [-0.1, -0.05) is 59.8 Å². The summed E-state index contributed by atoms with van der Waals surface area (Å²) in [6, 6.07) is 22.8. The highest BCUT2D eigenvalue weighted by atomic mass is 35.5. The Morgan fingerprint density at radius 3 is 2.65 bits per heavy atom. The van der Waals surface area contributed by atoms with Crippen molar-refractivity contribution < 1.29 is 14.3 Å². The minimum atomic E-state index is -0.447. The van der Waals surface area contributed by atoms with Crippen molar-refractivity contribution in [3.05, 3.63) is 89.2 Å². The second kappa shape index (κ2) is 9.79. The van der Waals surface area contributed by atoms with Crippen LogP contribution in [0, 0.1) is 6.92 Å². The number of rotatable bonds is 6. The maximum Gasteiger partial charge on any atom is 0.234 e. The first-order chi connectivity index (χ1) is 16.6. The lowest BCUT2D eigenvalue weighted by molar-refractivity contribution is -0.113. The number of halogens is 1. The fourth-order valence-corrected chi connectivity index (χ4v) is 4.63. The summed E-state index contributed by atoms with van der Waals surface area (Å²) in [5, 5.41) is 12.7. The van der Waals surface area contributed by atoms with E-state index in [1.807, 2.05) is 78.2 Å². The van der Waals surface area contributed by atoms with Crippen molar-refractivity contribution in [2.45, 2.75) is 18.2 Å². The molecular weight excluding hydrogens is 472 g/mol. The summed E-state index contributed by atoms with van der Waals surface area (Å²) in [6.45, 7) is 2.25. The van der Waals surface area contributed by atoms with Crippen molar-refractivity contribution >= 4 is 35.0 Å². The van der Waals surface area contributed by atoms with Gasteiger partial charge in [0.2, 0.25) is 5.91 Å². The van der Waals surface area contributed by atoms with Crippen molar-refractivity contribution in [2.75, 3.05) is 17.7 Å². The number of nitrogens with one attached hydrogen (secondary N) is 1. The van der Waals surface area contributed by atoms with Gasteiger partial charge in [0.25, 0.3) is 0 Å². The molecule has 0 spiro atoms. The number of aryl methyl sites for hydroxylation is 1. The number of thioether (sulfide) groups is 1. The molecule has 1 atom stereocenters. The number of carbonyl (C=O) groups excluding carboxylic acids is 1. The van der Waals surface area contributed by atoms with Crippen LogP contribution in [-0.2, 0) is 4.79 Å². The Bertz CT molecular complexity index is 1330. The fraction of sp³-hybridized carbons (Fsp3) is 0.160. The molecule has 9 heteroatoms. The van der Waals surface area contributed by atoms with Crippen LogP contribution in [0.5, 0.6) is 11.5 Å². The van der Waals surface area contributed by atoms with Crippen LogP contribution >= 0.6 is 23.4 Å². The summed E-state index contributed by atoms with van der Waals surface area (Å²) in [5.41, 5.74) is 2.47. The number of carbonyl (C=O) groups is 1. The zero-order chi connectivity index (χ0) is 23.5. The standard InChI is InChI=1S/C25H21ClN4O3S/c1-16-11-12-19(18(26)13-16)27-23(31)15-34-25-29-28-24(30(25)17-7-3-2-4-8-17)22-14-32-20-9-5-6-10-21(20)33-22/h2-13,22H,14-15H2,1H3,(H,27,31)/t22-/m0/s1. The van der Waals surface area contributed by atoms with E-state index in [4.69, 9.17) is 21.1 Å². The summed E-state index contributed by atoms with van der Waals surface area (Å²) in [7, 11) is 0. The first-order valence-electron chi connectivity index (χ1n) is 10.7. The fourth-order valence-electron chi connectivity index (χ4n) is 3.59. The Kier molecular flexibility index (Phi) is 6.42. The van der Waals surface area contributed by atoms with E-state index >= 15 is 0 Å². The smallest absolute Gasteiger partial charge is 0.234 e. The molecule has 3 aromatic carbocycles. The van der Waals surface area contributed by atoms with Gasteiger partial charge in [0.1, 0.15) is 6.61 Å². The highest BCUT2D eigenvalue weighted by Gasteiger charge is 2.29. The lowest BCUT2D eigenvalue weighted by Gasteiger charge is -2.26. The molecular formula is C25H21ClN4O3S. The monoisotopic (exact) mass is 492 g/mol. The minimum absolute atomic E-state index is 0.139. The zero-order valence-electron chi connectivity index (χ0n) is 18.3. The van der Waals surface area contributed by atoms with Crippen molar-refractivity contribution in [1.82, 2.24) is 14.8 Å². The largest absolute Gasteiger partial charge is 0.485 e. The topological polar surface area (TPSA) is 78.3 Å². The van der Waals surface area contributed by atoms with Crippen molar-refractivity contribution in [1.29, 1.82) is 0 Å². The molecule has 1 amide bonds. The molecule has 1 aliphatic heterocycles. The second-order valence-electron chi connectivity index (χ2n) is 7.70. The first kappa shape index (κ1) is 22.3. The zero-order valence-corrected chi connectivity index (χ0v) is 19.8. The molecule has 7 nitrogen and oxygen atoms in total. The molecule has 5 rings (SSSR count). The molecule has 0 aliphatic carbocycles. The van der Waals surface area contributed by atoms with Gasteiger partial charge in [-0.05, 0) is 48.9 Å². The predicted octanol–water partition coefficient (Wildman–Crippen LogP) is 5.47. The number of amides is 1. The van der Waals surface area contributed by atoms with Crippen molar-refractivity contribution in [3.8, 4) is 17.2 Å². The quantitative estimate of drug-likeness (QED) is 0.359. The molecule has 34 heavy (non-hydrogen) atoms. The number of aromatic nitrogens is 3. The van der Waals surface area contributed by atoms with Gasteiger partial charge in [0, 0.05) is 5.69 Å². The second-order valence-corrected chi connectivity index (χ2v) is 9.05. The molecule has 0 saturated carbocycles. The summed E-state index contributed by atoms with van der Waals surface area (Å²) in [4.78, 5) is 12.6. The maximum absolute atomic E-state index is 12.6. The van der Waals surface area contributed by atoms with Crippen LogP contribution in [0.25, 0.3) is 5.69 Å². The SMILES string of the molecule is Cc1ccc(NC(=O)CSc2nnc([C@@H]3COc4ccccc4O3)n2-c2ccccc2)c(Cl)c1. The molecule has 1 aliphatic rings. The maximum atomic E-state index is 12.6. The number of para-hydroxylation sites is 3. The normalized spacial score (nSPS) is 14.6. The Hall–Kier alpha value is -3.49. The number of anilines is 1. The van der Waals surface area contributed by atoms with E-state index in [9.17, 15) is 4.79 Å². The Morgan fingerprint density at radius 1 is 1.09 bits per heavy atom. The number of fused-ring (bicyclic) bond motifs is 1. The lowest BCUT2D eigenvalue weighted by Crippen LogP contribution is -2.24. The number of nitrogens with zero attached hydrogens (tertiary/aromatic N) is 3. The molecule has 0 bridgehead atoms. The number of ether oxygens (including phenoxy) is 2. The molecule has 2 heterocycles. The van der Waals surface area contributed by atoms with Gasteiger partial charge in [-0.25, -0.2) is 0 Å². The average molecular weight is 493 g/mol. The predicted molar refractivity (Wildman–Crippen MR) is 132 cm³/mol. The van der Waals surface area contributed by atoms with E-state index in [-0.39, 0.29) is 11.7 Å². The molecule has 1 N–H and O–H groups in total. The Morgan fingerprint density at radius 2 is 1.85 bits per heavy atom. The Balaban J connectivity index is 1.37. The molecule has 0 unspecified atom stereocenters. The average Bonchev–Trinajstić information content (AvgIpc) is 3.29. The van der Waals surface area contributed by atoms with E-state index in [0.717, 1.165) is 11.3 Å². The van der Waals surface area contributed by atoms with Gasteiger partial charge in [0.05, 0.1) is 16.5 Å². The molecule has 0 saturated heterocycles. The van der Waals surface area contributed by atoms with E-state index in [2.05, 4.69) is 15.5 Å². The van der Waals surface area contributed by atoms with E-state index in [1.165, 1.54) is 11.8 Å². The number of benzene rings is 3. The van der Waals surface area contributed by atoms with Crippen LogP contribution in [0.1, 0.15) is 17.5 Å². The minimum Gasteiger partial charge on any atom is -0.485 e.